The molecule has 172 valence electrons. The summed E-state index contributed by atoms with van der Waals surface area (Å²) < 4.78 is 12.4. The van der Waals surface area contributed by atoms with Crippen molar-refractivity contribution in [1.29, 1.82) is 0 Å². The lowest BCUT2D eigenvalue weighted by atomic mass is 9.97. The number of thiocarbonyl (C=S) groups is 1. The first-order valence-electron chi connectivity index (χ1n) is 10.8. The summed E-state index contributed by atoms with van der Waals surface area (Å²) in [6.45, 7) is 5.44. The van der Waals surface area contributed by atoms with Crippen molar-refractivity contribution in [3.05, 3.63) is 82.9 Å². The highest BCUT2D eigenvalue weighted by Crippen LogP contribution is 2.41. The highest BCUT2D eigenvalue weighted by Gasteiger charge is 2.41. The van der Waals surface area contributed by atoms with Crippen molar-refractivity contribution in [2.45, 2.75) is 25.9 Å². The van der Waals surface area contributed by atoms with Gasteiger partial charge in [-0.15, -0.1) is 0 Å². The molecule has 0 radical (unpaired) electrons. The average molecular weight is 465 g/mol. The van der Waals surface area contributed by atoms with Gasteiger partial charge in [-0.1, -0.05) is 6.07 Å². The average Bonchev–Trinajstić information content (AvgIpc) is 3.32. The molecule has 33 heavy (non-hydrogen) atoms. The fourth-order valence-corrected chi connectivity index (χ4v) is 4.86. The van der Waals surface area contributed by atoms with Crippen LogP contribution < -0.4 is 5.32 Å². The van der Waals surface area contributed by atoms with Crippen LogP contribution in [0.15, 0.2) is 54.7 Å². The summed E-state index contributed by atoms with van der Waals surface area (Å²) in [5.74, 6) is -0.347. The molecule has 1 aliphatic heterocycles. The smallest absolute Gasteiger partial charge is 0.337 e. The molecule has 0 saturated carbocycles. The van der Waals surface area contributed by atoms with Crippen LogP contribution in [0.5, 0.6) is 0 Å². The summed E-state index contributed by atoms with van der Waals surface area (Å²) in [4.78, 5) is 18.6. The maximum Gasteiger partial charge on any atom is 0.337 e. The third-order valence-corrected chi connectivity index (χ3v) is 6.42. The van der Waals surface area contributed by atoms with Crippen LogP contribution >= 0.6 is 12.2 Å². The summed E-state index contributed by atoms with van der Waals surface area (Å²) in [5, 5.41) is 4.17. The number of hydrogen-bond acceptors (Lipinski definition) is 5. The van der Waals surface area contributed by atoms with Crippen LogP contribution in [0.4, 0.5) is 0 Å². The summed E-state index contributed by atoms with van der Waals surface area (Å²) >= 11 is 5.72. The van der Waals surface area contributed by atoms with Gasteiger partial charge in [-0.05, 0) is 74.1 Å². The van der Waals surface area contributed by atoms with Crippen LogP contribution in [0.1, 0.15) is 45.1 Å². The number of benzene rings is 1. The summed E-state index contributed by atoms with van der Waals surface area (Å²) in [6.07, 6.45) is 1.81. The van der Waals surface area contributed by atoms with E-state index in [-0.39, 0.29) is 18.1 Å². The van der Waals surface area contributed by atoms with E-state index in [2.05, 4.69) is 39.7 Å². The van der Waals surface area contributed by atoms with Crippen LogP contribution in [0.25, 0.3) is 5.69 Å². The number of carbonyl (C=O) groups excluding carboxylic acids is 1. The lowest BCUT2D eigenvalue weighted by Crippen LogP contribution is -2.32. The zero-order valence-electron chi connectivity index (χ0n) is 19.2. The van der Waals surface area contributed by atoms with E-state index in [1.807, 2.05) is 30.3 Å². The van der Waals surface area contributed by atoms with Crippen molar-refractivity contribution in [3.63, 3.8) is 0 Å². The van der Waals surface area contributed by atoms with E-state index in [1.165, 1.54) is 12.7 Å². The first-order valence-corrected chi connectivity index (χ1v) is 11.2. The van der Waals surface area contributed by atoms with Crippen molar-refractivity contribution < 1.29 is 14.3 Å². The molecule has 1 aliphatic rings. The van der Waals surface area contributed by atoms with Gasteiger partial charge in [0.05, 0.1) is 37.1 Å². The van der Waals surface area contributed by atoms with Crippen molar-refractivity contribution in [3.8, 4) is 5.69 Å². The second-order valence-corrected chi connectivity index (χ2v) is 8.40. The molecule has 1 N–H and O–H groups in total. The number of methoxy groups -OCH3 is 2. The minimum atomic E-state index is -0.347. The Morgan fingerprint density at radius 1 is 1.15 bits per heavy atom. The van der Waals surface area contributed by atoms with Gasteiger partial charge in [0.15, 0.2) is 5.11 Å². The normalized spacial score (nSPS) is 17.8. The van der Waals surface area contributed by atoms with Crippen molar-refractivity contribution in [1.82, 2.24) is 19.8 Å². The van der Waals surface area contributed by atoms with Gasteiger partial charge in [-0.2, -0.15) is 0 Å². The molecule has 3 heterocycles. The molecule has 2 atom stereocenters. The molecule has 0 bridgehead atoms. The largest absolute Gasteiger partial charge is 0.465 e. The minimum Gasteiger partial charge on any atom is -0.465 e. The highest BCUT2D eigenvalue weighted by molar-refractivity contribution is 7.80. The molecule has 0 aliphatic carbocycles. The zero-order valence-corrected chi connectivity index (χ0v) is 20.1. The molecule has 1 fully saturated rings. The van der Waals surface area contributed by atoms with Gasteiger partial charge in [0.25, 0.3) is 0 Å². The van der Waals surface area contributed by atoms with E-state index in [4.69, 9.17) is 21.7 Å². The fraction of sp³-hybridized carbons (Fsp3) is 0.320. The van der Waals surface area contributed by atoms with Gasteiger partial charge < -0.3 is 24.3 Å². The zero-order chi connectivity index (χ0) is 23.5. The standard InChI is InChI=1S/C25H28N4O3S/c1-16-15-20(17(2)29(16)19-10-8-18(9-11-19)24(30)32-4)23-22(21-7-5-6-12-26-21)27-25(33)28(23)13-14-31-3/h5-12,15,22-23H,13-14H2,1-4H3,(H,27,33). The lowest BCUT2D eigenvalue weighted by molar-refractivity contribution is 0.0600. The Balaban J connectivity index is 1.77. The molecule has 1 aromatic carbocycles. The van der Waals surface area contributed by atoms with Crippen LogP contribution in [0, 0.1) is 13.8 Å². The van der Waals surface area contributed by atoms with E-state index in [0.717, 1.165) is 22.8 Å². The van der Waals surface area contributed by atoms with Crippen molar-refractivity contribution in [2.24, 2.45) is 0 Å². The number of rotatable bonds is 7. The molecule has 0 amide bonds. The van der Waals surface area contributed by atoms with Crippen LogP contribution in [-0.4, -0.2) is 52.9 Å². The number of carbonyl (C=O) groups is 1. The van der Waals surface area contributed by atoms with Crippen LogP contribution in [-0.2, 0) is 9.47 Å². The quantitative estimate of drug-likeness (QED) is 0.420. The summed E-state index contributed by atoms with van der Waals surface area (Å²) in [6, 6.07) is 15.5. The first kappa shape index (κ1) is 22.9. The minimum absolute atomic E-state index is 0.0307. The summed E-state index contributed by atoms with van der Waals surface area (Å²) in [5.41, 5.74) is 5.82. The number of hydrogen-bond donors (Lipinski definition) is 1. The number of aryl methyl sites for hydroxylation is 1. The predicted octanol–water partition coefficient (Wildman–Crippen LogP) is 3.89. The lowest BCUT2D eigenvalue weighted by Gasteiger charge is -2.28. The number of aromatic nitrogens is 2. The van der Waals surface area contributed by atoms with Crippen molar-refractivity contribution in [2.75, 3.05) is 27.4 Å². The molecular formula is C25H28N4O3S. The topological polar surface area (TPSA) is 68.6 Å². The maximum atomic E-state index is 11.8. The number of ether oxygens (including phenoxy) is 2. The Morgan fingerprint density at radius 2 is 1.91 bits per heavy atom. The molecule has 3 aromatic rings. The monoisotopic (exact) mass is 464 g/mol. The fourth-order valence-electron chi connectivity index (χ4n) is 4.52. The molecular weight excluding hydrogens is 436 g/mol. The third kappa shape index (κ3) is 4.36. The molecule has 1 saturated heterocycles. The van der Waals surface area contributed by atoms with Crippen LogP contribution in [0.3, 0.4) is 0 Å². The highest BCUT2D eigenvalue weighted by atomic mass is 32.1. The maximum absolute atomic E-state index is 11.8. The number of nitrogens with zero attached hydrogens (tertiary/aromatic N) is 3. The Kier molecular flexibility index (Phi) is 6.76. The van der Waals surface area contributed by atoms with Gasteiger partial charge in [-0.25, -0.2) is 4.79 Å². The SMILES string of the molecule is COCCN1C(=S)NC(c2ccccn2)C1c1cc(C)n(-c2ccc(C(=O)OC)cc2)c1C. The summed E-state index contributed by atoms with van der Waals surface area (Å²) in [7, 11) is 3.08. The van der Waals surface area contributed by atoms with Crippen LogP contribution in [0.2, 0.25) is 0 Å². The molecule has 0 spiro atoms. The third-order valence-electron chi connectivity index (χ3n) is 6.07. The number of nitrogens with one attached hydrogen (secondary N) is 1. The molecule has 8 heteroatoms. The van der Waals surface area contributed by atoms with E-state index < -0.39 is 0 Å². The molecule has 2 unspecified atom stereocenters. The molecule has 4 rings (SSSR count). The van der Waals surface area contributed by atoms with Crippen molar-refractivity contribution >= 4 is 23.3 Å². The second-order valence-electron chi connectivity index (χ2n) is 8.01. The molecule has 2 aromatic heterocycles. The number of esters is 1. The van der Waals surface area contributed by atoms with Gasteiger partial charge in [0, 0.05) is 36.9 Å². The Hall–Kier alpha value is -3.23. The Morgan fingerprint density at radius 3 is 2.55 bits per heavy atom. The Bertz CT molecular complexity index is 1140. The van der Waals surface area contributed by atoms with E-state index in [0.29, 0.717) is 23.8 Å². The van der Waals surface area contributed by atoms with E-state index >= 15 is 0 Å². The van der Waals surface area contributed by atoms with Gasteiger partial charge in [0.2, 0.25) is 0 Å². The molecule has 7 nitrogen and oxygen atoms in total. The number of pyridine rings is 1. The van der Waals surface area contributed by atoms with E-state index in [9.17, 15) is 4.79 Å². The predicted molar refractivity (Wildman–Crippen MR) is 131 cm³/mol. The van der Waals surface area contributed by atoms with Gasteiger partial charge in [-0.3, -0.25) is 4.98 Å². The Labute approximate surface area is 199 Å². The second kappa shape index (κ2) is 9.72. The van der Waals surface area contributed by atoms with Gasteiger partial charge >= 0.3 is 5.97 Å². The first-order chi connectivity index (χ1) is 16.0. The van der Waals surface area contributed by atoms with Gasteiger partial charge in [0.1, 0.15) is 0 Å². The van der Waals surface area contributed by atoms with E-state index in [1.54, 1.807) is 25.4 Å².